The Morgan fingerprint density at radius 2 is 2.11 bits per heavy atom. The molecule has 0 amide bonds. The van der Waals surface area contributed by atoms with Crippen LogP contribution in [0.1, 0.15) is 25.8 Å². The van der Waals surface area contributed by atoms with Gasteiger partial charge in [0.25, 0.3) is 0 Å². The van der Waals surface area contributed by atoms with E-state index in [-0.39, 0.29) is 11.8 Å². The van der Waals surface area contributed by atoms with Crippen LogP contribution < -0.4 is 5.73 Å². The Labute approximate surface area is 113 Å². The Balaban J connectivity index is 2.43. The second-order valence-electron chi connectivity index (χ2n) is 4.94. The summed E-state index contributed by atoms with van der Waals surface area (Å²) >= 11 is 0. The van der Waals surface area contributed by atoms with E-state index in [0.717, 1.165) is 29.3 Å². The van der Waals surface area contributed by atoms with Crippen LogP contribution in [0, 0.1) is 0 Å². The lowest BCUT2D eigenvalue weighted by molar-refractivity contribution is 0.597. The average molecular weight is 280 g/mol. The Kier molecular flexibility index (Phi) is 3.96. The molecule has 1 unspecified atom stereocenters. The van der Waals surface area contributed by atoms with Crippen LogP contribution in [0.15, 0.2) is 29.3 Å². The van der Waals surface area contributed by atoms with E-state index in [1.54, 1.807) is 19.1 Å². The predicted octanol–water partition coefficient (Wildman–Crippen LogP) is 2.24. The minimum Gasteiger partial charge on any atom is -0.361 e. The SMILES string of the molecule is CCS(=O)(=O)c1ccc2[nH]cc(CCC(C)N)c2c1. The summed E-state index contributed by atoms with van der Waals surface area (Å²) in [6.07, 6.45) is 3.68. The number of benzene rings is 1. The standard InChI is InChI=1S/C14H20N2O2S/c1-3-19(17,18)12-6-7-14-13(8-12)11(9-16-14)5-4-10(2)15/h6-10,16H,3-5,15H2,1-2H3. The van der Waals surface area contributed by atoms with Crippen LogP contribution in [-0.2, 0) is 16.3 Å². The highest BCUT2D eigenvalue weighted by Crippen LogP contribution is 2.24. The first-order valence-corrected chi connectivity index (χ1v) is 8.17. The lowest BCUT2D eigenvalue weighted by Gasteiger charge is -2.05. The van der Waals surface area contributed by atoms with Gasteiger partial charge in [-0.25, -0.2) is 8.42 Å². The molecule has 2 aromatic rings. The first kappa shape index (κ1) is 14.1. The summed E-state index contributed by atoms with van der Waals surface area (Å²) in [5, 5.41) is 0.982. The van der Waals surface area contributed by atoms with E-state index < -0.39 is 9.84 Å². The highest BCUT2D eigenvalue weighted by molar-refractivity contribution is 7.91. The molecule has 0 radical (unpaired) electrons. The van der Waals surface area contributed by atoms with E-state index in [4.69, 9.17) is 5.73 Å². The molecule has 0 bridgehead atoms. The van der Waals surface area contributed by atoms with Gasteiger partial charge in [-0.3, -0.25) is 0 Å². The quantitative estimate of drug-likeness (QED) is 0.882. The first-order chi connectivity index (χ1) is 8.94. The zero-order valence-corrected chi connectivity index (χ0v) is 12.1. The minimum absolute atomic E-state index is 0.123. The van der Waals surface area contributed by atoms with Crippen molar-refractivity contribution in [3.8, 4) is 0 Å². The molecule has 2 rings (SSSR count). The van der Waals surface area contributed by atoms with E-state index in [9.17, 15) is 8.42 Å². The number of aromatic amines is 1. The van der Waals surface area contributed by atoms with Crippen molar-refractivity contribution >= 4 is 20.7 Å². The number of hydrogen-bond donors (Lipinski definition) is 2. The molecule has 0 saturated carbocycles. The molecule has 1 aromatic heterocycles. The molecule has 1 heterocycles. The van der Waals surface area contributed by atoms with E-state index in [1.165, 1.54) is 0 Å². The van der Waals surface area contributed by atoms with Crippen LogP contribution in [0.4, 0.5) is 0 Å². The number of aromatic nitrogens is 1. The minimum atomic E-state index is -3.15. The maximum atomic E-state index is 11.9. The van der Waals surface area contributed by atoms with Crippen molar-refractivity contribution in [3.05, 3.63) is 30.0 Å². The van der Waals surface area contributed by atoms with E-state index in [2.05, 4.69) is 4.98 Å². The zero-order chi connectivity index (χ0) is 14.0. The number of fused-ring (bicyclic) bond motifs is 1. The highest BCUT2D eigenvalue weighted by Gasteiger charge is 2.13. The third-order valence-electron chi connectivity index (χ3n) is 3.35. The normalized spacial score (nSPS) is 13.8. The molecule has 104 valence electrons. The van der Waals surface area contributed by atoms with Crippen molar-refractivity contribution in [2.45, 2.75) is 37.6 Å². The topological polar surface area (TPSA) is 76.0 Å². The van der Waals surface area contributed by atoms with Gasteiger partial charge in [-0.15, -0.1) is 0 Å². The molecule has 5 heteroatoms. The maximum absolute atomic E-state index is 11.9. The first-order valence-electron chi connectivity index (χ1n) is 6.52. The molecule has 0 saturated heterocycles. The number of rotatable bonds is 5. The van der Waals surface area contributed by atoms with Gasteiger partial charge in [0.2, 0.25) is 0 Å². The second-order valence-corrected chi connectivity index (χ2v) is 7.22. The van der Waals surface area contributed by atoms with Crippen LogP contribution >= 0.6 is 0 Å². The molecular formula is C14H20N2O2S. The van der Waals surface area contributed by atoms with Crippen LogP contribution in [0.5, 0.6) is 0 Å². The van der Waals surface area contributed by atoms with Gasteiger partial charge in [-0.2, -0.15) is 0 Å². The summed E-state index contributed by atoms with van der Waals surface area (Å²) in [5.41, 5.74) is 7.86. The molecule has 0 aliphatic carbocycles. The summed E-state index contributed by atoms with van der Waals surface area (Å²) in [6, 6.07) is 5.40. The number of nitrogens with two attached hydrogens (primary N) is 1. The predicted molar refractivity (Wildman–Crippen MR) is 78.0 cm³/mol. The van der Waals surface area contributed by atoms with Gasteiger partial charge in [0, 0.05) is 23.1 Å². The molecule has 0 aliphatic rings. The van der Waals surface area contributed by atoms with Crippen molar-refractivity contribution in [2.75, 3.05) is 5.75 Å². The summed E-state index contributed by atoms with van der Waals surface area (Å²) in [5.74, 6) is 0.123. The summed E-state index contributed by atoms with van der Waals surface area (Å²) < 4.78 is 23.8. The van der Waals surface area contributed by atoms with Crippen LogP contribution in [-0.4, -0.2) is 25.2 Å². The lowest BCUT2D eigenvalue weighted by atomic mass is 10.1. The van der Waals surface area contributed by atoms with Gasteiger partial charge < -0.3 is 10.7 Å². The van der Waals surface area contributed by atoms with Crippen molar-refractivity contribution in [2.24, 2.45) is 5.73 Å². The molecule has 0 spiro atoms. The third-order valence-corrected chi connectivity index (χ3v) is 5.08. The van der Waals surface area contributed by atoms with Gasteiger partial charge in [0.1, 0.15) is 0 Å². The van der Waals surface area contributed by atoms with E-state index in [1.807, 2.05) is 19.2 Å². The van der Waals surface area contributed by atoms with Gasteiger partial charge in [0.05, 0.1) is 10.6 Å². The molecule has 19 heavy (non-hydrogen) atoms. The Hall–Kier alpha value is -1.33. The molecule has 1 atom stereocenters. The van der Waals surface area contributed by atoms with Gasteiger partial charge in [0.15, 0.2) is 9.84 Å². The number of hydrogen-bond acceptors (Lipinski definition) is 3. The summed E-state index contributed by atoms with van der Waals surface area (Å²) in [6.45, 7) is 3.63. The molecule has 0 aliphatic heterocycles. The van der Waals surface area contributed by atoms with Crippen molar-refractivity contribution < 1.29 is 8.42 Å². The fraction of sp³-hybridized carbons (Fsp3) is 0.429. The monoisotopic (exact) mass is 280 g/mol. The van der Waals surface area contributed by atoms with E-state index >= 15 is 0 Å². The summed E-state index contributed by atoms with van der Waals surface area (Å²) in [4.78, 5) is 3.57. The average Bonchev–Trinajstić information content (AvgIpc) is 2.78. The van der Waals surface area contributed by atoms with Crippen LogP contribution in [0.3, 0.4) is 0 Å². The second kappa shape index (κ2) is 5.35. The highest BCUT2D eigenvalue weighted by atomic mass is 32.2. The Bertz CT molecular complexity index is 672. The molecule has 0 fully saturated rings. The largest absolute Gasteiger partial charge is 0.361 e. The number of H-pyrrole nitrogens is 1. The number of sulfone groups is 1. The maximum Gasteiger partial charge on any atom is 0.178 e. The lowest BCUT2D eigenvalue weighted by Crippen LogP contribution is -2.15. The Morgan fingerprint density at radius 1 is 1.37 bits per heavy atom. The van der Waals surface area contributed by atoms with Crippen LogP contribution in [0.25, 0.3) is 10.9 Å². The van der Waals surface area contributed by atoms with Gasteiger partial charge >= 0.3 is 0 Å². The molecule has 1 aromatic carbocycles. The van der Waals surface area contributed by atoms with Gasteiger partial charge in [-0.05, 0) is 43.5 Å². The Morgan fingerprint density at radius 3 is 2.74 bits per heavy atom. The third kappa shape index (κ3) is 2.98. The molecule has 3 N–H and O–H groups in total. The van der Waals surface area contributed by atoms with Crippen molar-refractivity contribution in [1.29, 1.82) is 0 Å². The zero-order valence-electron chi connectivity index (χ0n) is 11.3. The van der Waals surface area contributed by atoms with Crippen molar-refractivity contribution in [1.82, 2.24) is 4.98 Å². The van der Waals surface area contributed by atoms with Crippen LogP contribution in [0.2, 0.25) is 0 Å². The fourth-order valence-corrected chi connectivity index (χ4v) is 3.01. The number of aryl methyl sites for hydroxylation is 1. The summed E-state index contributed by atoms with van der Waals surface area (Å²) in [7, 11) is -3.15. The van der Waals surface area contributed by atoms with Gasteiger partial charge in [-0.1, -0.05) is 6.92 Å². The molecule has 4 nitrogen and oxygen atoms in total. The number of nitrogens with one attached hydrogen (secondary N) is 1. The molecular weight excluding hydrogens is 260 g/mol. The fourth-order valence-electron chi connectivity index (χ4n) is 2.11. The van der Waals surface area contributed by atoms with Crippen molar-refractivity contribution in [3.63, 3.8) is 0 Å². The smallest absolute Gasteiger partial charge is 0.178 e. The van der Waals surface area contributed by atoms with E-state index in [0.29, 0.717) is 4.90 Å².